The average molecular weight is 222 g/mol. The topological polar surface area (TPSA) is 26.2 Å². The summed E-state index contributed by atoms with van der Waals surface area (Å²) in [5.74, 6) is 0.688. The van der Waals surface area contributed by atoms with Crippen LogP contribution in [-0.4, -0.2) is 23.8 Å². The number of nitrogens with one attached hydrogen (secondary N) is 1. The minimum absolute atomic E-state index is 0.424. The summed E-state index contributed by atoms with van der Waals surface area (Å²) >= 11 is 0. The van der Waals surface area contributed by atoms with Gasteiger partial charge >= 0.3 is 0 Å². The first kappa shape index (κ1) is 11.7. The first-order valence-corrected chi connectivity index (χ1v) is 6.26. The molecule has 1 fully saturated rings. The van der Waals surface area contributed by atoms with Gasteiger partial charge in [-0.25, -0.2) is 0 Å². The van der Waals surface area contributed by atoms with E-state index in [0.29, 0.717) is 12.0 Å². The molecule has 1 aliphatic heterocycles. The van der Waals surface area contributed by atoms with Crippen molar-refractivity contribution in [2.75, 3.05) is 13.2 Å². The maximum atomic E-state index is 5.55. The van der Waals surface area contributed by atoms with Crippen LogP contribution in [0.3, 0.4) is 0 Å². The van der Waals surface area contributed by atoms with Crippen LogP contribution >= 0.6 is 0 Å². The largest absolute Gasteiger partial charge is 0.378 e. The highest BCUT2D eigenvalue weighted by atomic mass is 16.5. The number of nitrogens with zero attached hydrogens (tertiary/aromatic N) is 1. The highest BCUT2D eigenvalue weighted by molar-refractivity contribution is 5.09. The molecule has 1 N–H and O–H groups in total. The Morgan fingerprint density at radius 2 is 2.44 bits per heavy atom. The summed E-state index contributed by atoms with van der Waals surface area (Å²) < 4.78 is 7.75. The quantitative estimate of drug-likeness (QED) is 0.825. The van der Waals surface area contributed by atoms with Gasteiger partial charge in [0.05, 0.1) is 6.10 Å². The van der Waals surface area contributed by atoms with Crippen LogP contribution in [-0.2, 0) is 17.8 Å². The molecule has 0 bridgehead atoms. The fourth-order valence-corrected chi connectivity index (χ4v) is 2.24. The lowest BCUT2D eigenvalue weighted by molar-refractivity contribution is 0.105. The molecule has 0 spiro atoms. The van der Waals surface area contributed by atoms with Gasteiger partial charge in [0.2, 0.25) is 0 Å². The summed E-state index contributed by atoms with van der Waals surface area (Å²) in [4.78, 5) is 0. The van der Waals surface area contributed by atoms with Crippen molar-refractivity contribution in [3.8, 4) is 0 Å². The third-order valence-electron chi connectivity index (χ3n) is 3.45. The molecule has 1 aromatic rings. The molecule has 0 aliphatic carbocycles. The van der Waals surface area contributed by atoms with Crippen molar-refractivity contribution in [3.05, 3.63) is 24.0 Å². The molecule has 0 amide bonds. The monoisotopic (exact) mass is 222 g/mol. The van der Waals surface area contributed by atoms with Crippen LogP contribution in [0.5, 0.6) is 0 Å². The summed E-state index contributed by atoms with van der Waals surface area (Å²) in [7, 11) is 0. The number of aromatic nitrogens is 1. The first-order valence-electron chi connectivity index (χ1n) is 6.26. The van der Waals surface area contributed by atoms with E-state index in [0.717, 1.165) is 26.2 Å². The van der Waals surface area contributed by atoms with Gasteiger partial charge in [0.15, 0.2) is 0 Å². The summed E-state index contributed by atoms with van der Waals surface area (Å²) in [6.45, 7) is 8.35. The highest BCUT2D eigenvalue weighted by Gasteiger charge is 2.23. The minimum Gasteiger partial charge on any atom is -0.378 e. The number of hydrogen-bond donors (Lipinski definition) is 1. The Morgan fingerprint density at radius 3 is 3.06 bits per heavy atom. The Balaban J connectivity index is 1.71. The lowest BCUT2D eigenvalue weighted by Gasteiger charge is -2.14. The van der Waals surface area contributed by atoms with Crippen LogP contribution in [0.2, 0.25) is 0 Å². The van der Waals surface area contributed by atoms with Gasteiger partial charge in [0, 0.05) is 38.6 Å². The van der Waals surface area contributed by atoms with E-state index in [2.05, 4.69) is 42.2 Å². The van der Waals surface area contributed by atoms with E-state index in [1.807, 2.05) is 0 Å². The fraction of sp³-hybridized carbons (Fsp3) is 0.692. The van der Waals surface area contributed by atoms with Crippen molar-refractivity contribution >= 4 is 0 Å². The van der Waals surface area contributed by atoms with E-state index in [4.69, 9.17) is 4.74 Å². The predicted octanol–water partition coefficient (Wildman–Crippen LogP) is 2.02. The Morgan fingerprint density at radius 1 is 1.56 bits per heavy atom. The van der Waals surface area contributed by atoms with Crippen LogP contribution in [0.1, 0.15) is 25.8 Å². The molecule has 0 radical (unpaired) electrons. The second-order valence-corrected chi connectivity index (χ2v) is 4.61. The van der Waals surface area contributed by atoms with E-state index in [9.17, 15) is 0 Å². The SMILES string of the molecule is CCn1ccc(CNCC2CCOC2C)c1. The normalized spacial score (nSPS) is 25.1. The van der Waals surface area contributed by atoms with E-state index in [-0.39, 0.29) is 0 Å². The van der Waals surface area contributed by atoms with Crippen molar-refractivity contribution in [3.63, 3.8) is 0 Å². The molecular formula is C13H22N2O. The molecule has 2 heterocycles. The van der Waals surface area contributed by atoms with E-state index >= 15 is 0 Å². The number of hydrogen-bond acceptors (Lipinski definition) is 2. The van der Waals surface area contributed by atoms with Crippen molar-refractivity contribution < 1.29 is 4.74 Å². The molecular weight excluding hydrogens is 200 g/mol. The maximum Gasteiger partial charge on any atom is 0.0588 e. The molecule has 2 atom stereocenters. The van der Waals surface area contributed by atoms with Crippen LogP contribution < -0.4 is 5.32 Å². The standard InChI is InChI=1S/C13H22N2O/c1-3-15-6-4-12(10-15)8-14-9-13-5-7-16-11(13)2/h4,6,10-11,13-14H,3,5,7-9H2,1-2H3. The minimum atomic E-state index is 0.424. The zero-order valence-corrected chi connectivity index (χ0v) is 10.3. The molecule has 2 unspecified atom stereocenters. The molecule has 0 saturated carbocycles. The molecule has 1 saturated heterocycles. The lowest BCUT2D eigenvalue weighted by atomic mass is 10.0. The van der Waals surface area contributed by atoms with Gasteiger partial charge < -0.3 is 14.6 Å². The molecule has 3 heteroatoms. The van der Waals surface area contributed by atoms with Gasteiger partial charge in [-0.2, -0.15) is 0 Å². The van der Waals surface area contributed by atoms with Crippen molar-refractivity contribution in [2.45, 2.75) is 39.5 Å². The van der Waals surface area contributed by atoms with Gasteiger partial charge in [-0.05, 0) is 37.8 Å². The highest BCUT2D eigenvalue weighted by Crippen LogP contribution is 2.19. The summed E-state index contributed by atoms with van der Waals surface area (Å²) in [5, 5.41) is 3.52. The zero-order chi connectivity index (χ0) is 11.4. The molecule has 3 nitrogen and oxygen atoms in total. The third kappa shape index (κ3) is 2.86. The van der Waals surface area contributed by atoms with Crippen LogP contribution in [0.15, 0.2) is 18.5 Å². The Labute approximate surface area is 97.8 Å². The van der Waals surface area contributed by atoms with Crippen LogP contribution in [0.25, 0.3) is 0 Å². The van der Waals surface area contributed by atoms with Gasteiger partial charge in [0.25, 0.3) is 0 Å². The second-order valence-electron chi connectivity index (χ2n) is 4.61. The van der Waals surface area contributed by atoms with Crippen LogP contribution in [0.4, 0.5) is 0 Å². The van der Waals surface area contributed by atoms with Crippen molar-refractivity contribution in [1.29, 1.82) is 0 Å². The first-order chi connectivity index (χ1) is 7.79. The third-order valence-corrected chi connectivity index (χ3v) is 3.45. The van der Waals surface area contributed by atoms with Gasteiger partial charge in [-0.15, -0.1) is 0 Å². The summed E-state index contributed by atoms with van der Waals surface area (Å²) in [6.07, 6.45) is 5.97. The van der Waals surface area contributed by atoms with Crippen molar-refractivity contribution in [2.24, 2.45) is 5.92 Å². The Bertz CT molecular complexity index is 321. The fourth-order valence-electron chi connectivity index (χ4n) is 2.24. The average Bonchev–Trinajstić information content (AvgIpc) is 2.89. The van der Waals surface area contributed by atoms with E-state index < -0.39 is 0 Å². The zero-order valence-electron chi connectivity index (χ0n) is 10.3. The van der Waals surface area contributed by atoms with Crippen LogP contribution in [0, 0.1) is 5.92 Å². The van der Waals surface area contributed by atoms with E-state index in [1.54, 1.807) is 0 Å². The van der Waals surface area contributed by atoms with Crippen molar-refractivity contribution in [1.82, 2.24) is 9.88 Å². The number of rotatable bonds is 5. The molecule has 0 aromatic carbocycles. The van der Waals surface area contributed by atoms with Gasteiger partial charge in [-0.1, -0.05) is 0 Å². The van der Waals surface area contributed by atoms with Gasteiger partial charge in [-0.3, -0.25) is 0 Å². The Hall–Kier alpha value is -0.800. The second kappa shape index (κ2) is 5.51. The van der Waals surface area contributed by atoms with Gasteiger partial charge in [0.1, 0.15) is 0 Å². The maximum absolute atomic E-state index is 5.55. The molecule has 1 aliphatic rings. The summed E-state index contributed by atoms with van der Waals surface area (Å²) in [5.41, 5.74) is 1.37. The molecule has 90 valence electrons. The molecule has 2 rings (SSSR count). The lowest BCUT2D eigenvalue weighted by Crippen LogP contribution is -2.26. The van der Waals surface area contributed by atoms with E-state index in [1.165, 1.54) is 12.0 Å². The smallest absolute Gasteiger partial charge is 0.0588 e. The summed E-state index contributed by atoms with van der Waals surface area (Å²) in [6, 6.07) is 2.19. The molecule has 1 aromatic heterocycles. The Kier molecular flexibility index (Phi) is 4.02. The molecule has 16 heavy (non-hydrogen) atoms. The number of ether oxygens (including phenoxy) is 1. The number of aryl methyl sites for hydroxylation is 1. The predicted molar refractivity (Wildman–Crippen MR) is 65.3 cm³/mol.